The molecule has 0 unspecified atom stereocenters. The van der Waals surface area contributed by atoms with Gasteiger partial charge in [-0.15, -0.1) is 0 Å². The number of hydrogen-bond acceptors (Lipinski definition) is 3. The minimum atomic E-state index is -1.03. The third-order valence-corrected chi connectivity index (χ3v) is 1.83. The molecule has 0 aliphatic carbocycles. The number of ketones is 1. The first-order valence-corrected chi connectivity index (χ1v) is 4.61. The zero-order chi connectivity index (χ0) is 12.1. The fourth-order valence-electron chi connectivity index (χ4n) is 1.13. The Morgan fingerprint density at radius 1 is 1.19 bits per heavy atom. The largest absolute Gasteiger partial charge is 0.478 e. The second-order valence-corrected chi connectivity index (χ2v) is 3.31. The van der Waals surface area contributed by atoms with E-state index < -0.39 is 11.9 Å². The summed E-state index contributed by atoms with van der Waals surface area (Å²) in [7, 11) is 0. The number of rotatable bonds is 4. The van der Waals surface area contributed by atoms with Crippen molar-refractivity contribution in [2.24, 2.45) is 0 Å². The van der Waals surface area contributed by atoms with Crippen molar-refractivity contribution in [1.29, 1.82) is 0 Å². The summed E-state index contributed by atoms with van der Waals surface area (Å²) in [5.74, 6) is -1.66. The summed E-state index contributed by atoms with van der Waals surface area (Å²) in [6.45, 7) is 1.33. The Balaban J connectivity index is 2.65. The van der Waals surface area contributed by atoms with Crippen molar-refractivity contribution in [3.8, 4) is 0 Å². The smallest absolute Gasteiger partial charge is 0.335 e. The molecule has 0 saturated carbocycles. The molecule has 0 atom stereocenters. The van der Waals surface area contributed by atoms with Crippen molar-refractivity contribution in [2.45, 2.75) is 13.3 Å². The van der Waals surface area contributed by atoms with Gasteiger partial charge in [0.05, 0.1) is 12.0 Å². The van der Waals surface area contributed by atoms with Crippen LogP contribution in [0.4, 0.5) is 5.69 Å². The first-order chi connectivity index (χ1) is 7.49. The number of aromatic carboxylic acids is 1. The van der Waals surface area contributed by atoms with Crippen LogP contribution in [0.3, 0.4) is 0 Å². The Morgan fingerprint density at radius 3 is 2.19 bits per heavy atom. The monoisotopic (exact) mass is 221 g/mol. The Morgan fingerprint density at radius 2 is 1.75 bits per heavy atom. The number of carboxylic acid groups (broad SMARTS) is 1. The number of hydrogen-bond donors (Lipinski definition) is 2. The van der Waals surface area contributed by atoms with Gasteiger partial charge in [-0.1, -0.05) is 0 Å². The molecule has 0 spiro atoms. The molecular formula is C11H11NO4. The van der Waals surface area contributed by atoms with E-state index in [1.165, 1.54) is 31.2 Å². The molecule has 1 amide bonds. The Kier molecular flexibility index (Phi) is 3.77. The molecular weight excluding hydrogens is 210 g/mol. The predicted octanol–water partition coefficient (Wildman–Crippen LogP) is 1.30. The number of benzene rings is 1. The third-order valence-electron chi connectivity index (χ3n) is 1.83. The summed E-state index contributed by atoms with van der Waals surface area (Å²) in [5.41, 5.74) is 0.612. The molecule has 16 heavy (non-hydrogen) atoms. The van der Waals surface area contributed by atoms with Crippen molar-refractivity contribution < 1.29 is 19.5 Å². The molecule has 0 heterocycles. The van der Waals surface area contributed by atoms with E-state index in [0.29, 0.717) is 5.69 Å². The van der Waals surface area contributed by atoms with Crippen molar-refractivity contribution in [3.63, 3.8) is 0 Å². The zero-order valence-electron chi connectivity index (χ0n) is 8.69. The fourth-order valence-corrected chi connectivity index (χ4v) is 1.13. The molecule has 0 fully saturated rings. The van der Waals surface area contributed by atoms with Crippen LogP contribution < -0.4 is 5.32 Å². The van der Waals surface area contributed by atoms with Gasteiger partial charge in [0.15, 0.2) is 0 Å². The molecule has 0 saturated heterocycles. The van der Waals surface area contributed by atoms with Crippen LogP contribution in [0.1, 0.15) is 23.7 Å². The quantitative estimate of drug-likeness (QED) is 0.750. The minimum Gasteiger partial charge on any atom is -0.478 e. The van der Waals surface area contributed by atoms with E-state index in [1.54, 1.807) is 0 Å². The Bertz CT molecular complexity index is 422. The average Bonchev–Trinajstić information content (AvgIpc) is 2.16. The lowest BCUT2D eigenvalue weighted by Crippen LogP contribution is -2.14. The maximum absolute atomic E-state index is 11.2. The fraction of sp³-hybridized carbons (Fsp3) is 0.182. The molecule has 0 aromatic heterocycles. The van der Waals surface area contributed by atoms with E-state index in [4.69, 9.17) is 5.11 Å². The van der Waals surface area contributed by atoms with Gasteiger partial charge in [0.25, 0.3) is 0 Å². The molecule has 5 nitrogen and oxygen atoms in total. The molecule has 0 aliphatic rings. The van der Waals surface area contributed by atoms with E-state index in [0.717, 1.165) is 0 Å². The van der Waals surface area contributed by atoms with Crippen molar-refractivity contribution in [3.05, 3.63) is 29.8 Å². The van der Waals surface area contributed by atoms with E-state index >= 15 is 0 Å². The van der Waals surface area contributed by atoms with Gasteiger partial charge >= 0.3 is 5.97 Å². The second-order valence-electron chi connectivity index (χ2n) is 3.31. The molecule has 0 aliphatic heterocycles. The normalized spacial score (nSPS) is 9.56. The second kappa shape index (κ2) is 5.06. The molecule has 0 radical (unpaired) electrons. The maximum Gasteiger partial charge on any atom is 0.335 e. The van der Waals surface area contributed by atoms with Gasteiger partial charge in [-0.2, -0.15) is 0 Å². The van der Waals surface area contributed by atoms with E-state index in [-0.39, 0.29) is 17.8 Å². The van der Waals surface area contributed by atoms with Gasteiger partial charge in [-0.25, -0.2) is 4.79 Å². The number of carbonyl (C=O) groups excluding carboxylic acids is 2. The number of amides is 1. The highest BCUT2D eigenvalue weighted by Gasteiger charge is 2.06. The van der Waals surface area contributed by atoms with Gasteiger partial charge in [0, 0.05) is 5.69 Å². The summed E-state index contributed by atoms with van der Waals surface area (Å²) >= 11 is 0. The van der Waals surface area contributed by atoms with Crippen LogP contribution in [0.25, 0.3) is 0 Å². The van der Waals surface area contributed by atoms with Crippen molar-refractivity contribution in [1.82, 2.24) is 0 Å². The highest BCUT2D eigenvalue weighted by molar-refractivity contribution is 6.03. The average molecular weight is 221 g/mol. The molecule has 1 aromatic rings. The van der Waals surface area contributed by atoms with E-state index in [9.17, 15) is 14.4 Å². The standard InChI is InChI=1S/C11H11NO4/c1-7(13)6-10(14)12-9-4-2-8(3-5-9)11(15)16/h2-5H,6H2,1H3,(H,12,14)(H,15,16). The van der Waals surface area contributed by atoms with Crippen LogP contribution in [0.15, 0.2) is 24.3 Å². The summed E-state index contributed by atoms with van der Waals surface area (Å²) in [6, 6.07) is 5.71. The zero-order valence-corrected chi connectivity index (χ0v) is 8.69. The summed E-state index contributed by atoms with van der Waals surface area (Å²) in [5, 5.41) is 11.1. The molecule has 0 bridgehead atoms. The van der Waals surface area contributed by atoms with Gasteiger partial charge < -0.3 is 10.4 Å². The van der Waals surface area contributed by atoms with Crippen molar-refractivity contribution in [2.75, 3.05) is 5.32 Å². The lowest BCUT2D eigenvalue weighted by molar-refractivity contribution is -0.124. The molecule has 1 aromatic carbocycles. The van der Waals surface area contributed by atoms with Gasteiger partial charge in [-0.3, -0.25) is 9.59 Å². The van der Waals surface area contributed by atoms with Crippen LogP contribution in [0.2, 0.25) is 0 Å². The number of nitrogens with one attached hydrogen (secondary N) is 1. The van der Waals surface area contributed by atoms with Crippen LogP contribution in [0, 0.1) is 0 Å². The maximum atomic E-state index is 11.2. The topological polar surface area (TPSA) is 83.5 Å². The SMILES string of the molecule is CC(=O)CC(=O)Nc1ccc(C(=O)O)cc1. The van der Waals surface area contributed by atoms with Crippen molar-refractivity contribution >= 4 is 23.3 Å². The third kappa shape index (κ3) is 3.53. The van der Waals surface area contributed by atoms with Gasteiger partial charge in [0.1, 0.15) is 5.78 Å². The van der Waals surface area contributed by atoms with Crippen LogP contribution in [-0.2, 0) is 9.59 Å². The molecule has 2 N–H and O–H groups in total. The highest BCUT2D eigenvalue weighted by atomic mass is 16.4. The first kappa shape index (κ1) is 11.9. The number of carbonyl (C=O) groups is 3. The molecule has 5 heteroatoms. The Labute approximate surface area is 92.1 Å². The number of carboxylic acids is 1. The summed E-state index contributed by atoms with van der Waals surface area (Å²) < 4.78 is 0. The summed E-state index contributed by atoms with van der Waals surface area (Å²) in [4.78, 5) is 32.4. The number of Topliss-reactive ketones (excluding diaryl/α,β-unsaturated/α-hetero) is 1. The van der Waals surface area contributed by atoms with E-state index in [1.807, 2.05) is 0 Å². The molecule has 1 rings (SSSR count). The van der Waals surface area contributed by atoms with Gasteiger partial charge in [-0.05, 0) is 31.2 Å². The number of anilines is 1. The van der Waals surface area contributed by atoms with E-state index in [2.05, 4.69) is 5.32 Å². The summed E-state index contributed by atoms with van der Waals surface area (Å²) in [6.07, 6.45) is -0.180. The van der Waals surface area contributed by atoms with Crippen LogP contribution >= 0.6 is 0 Å². The Hall–Kier alpha value is -2.17. The van der Waals surface area contributed by atoms with Crippen LogP contribution in [0.5, 0.6) is 0 Å². The lowest BCUT2D eigenvalue weighted by atomic mass is 10.2. The highest BCUT2D eigenvalue weighted by Crippen LogP contribution is 2.09. The van der Waals surface area contributed by atoms with Gasteiger partial charge in [0.2, 0.25) is 5.91 Å². The minimum absolute atomic E-state index is 0.143. The predicted molar refractivity (Wildman–Crippen MR) is 57.3 cm³/mol. The van der Waals surface area contributed by atoms with Crippen LogP contribution in [-0.4, -0.2) is 22.8 Å². The lowest BCUT2D eigenvalue weighted by Gasteiger charge is -2.03. The molecule has 84 valence electrons. The first-order valence-electron chi connectivity index (χ1n) is 4.61.